The first-order chi connectivity index (χ1) is 11.1. The van der Waals surface area contributed by atoms with Crippen molar-refractivity contribution >= 4 is 10.9 Å². The first-order valence-electron chi connectivity index (χ1n) is 7.95. The molecule has 0 amide bonds. The minimum atomic E-state index is -0.178. The molecule has 118 valence electrons. The topological polar surface area (TPSA) is 52.8 Å². The summed E-state index contributed by atoms with van der Waals surface area (Å²) in [6.07, 6.45) is 0.790. The van der Waals surface area contributed by atoms with Gasteiger partial charge >= 0.3 is 0 Å². The Bertz CT molecular complexity index is 882. The summed E-state index contributed by atoms with van der Waals surface area (Å²) in [4.78, 5) is 4.63. The molecule has 0 saturated carbocycles. The second-order valence-corrected chi connectivity index (χ2v) is 6.72. The lowest BCUT2D eigenvalue weighted by atomic mass is 10.0. The summed E-state index contributed by atoms with van der Waals surface area (Å²) >= 11 is 0. The molecule has 1 aliphatic heterocycles. The maximum Gasteiger partial charge on any atom is 0.165 e. The van der Waals surface area contributed by atoms with Crippen molar-refractivity contribution < 1.29 is 4.74 Å². The van der Waals surface area contributed by atoms with Crippen LogP contribution in [0.4, 0.5) is 0 Å². The molecule has 0 saturated heterocycles. The molecule has 1 aromatic carbocycles. The predicted octanol–water partition coefficient (Wildman–Crippen LogP) is 3.11. The summed E-state index contributed by atoms with van der Waals surface area (Å²) in [5, 5.41) is 10.1. The summed E-state index contributed by atoms with van der Waals surface area (Å²) in [5.41, 5.74) is 2.88. The van der Waals surface area contributed by atoms with Crippen molar-refractivity contribution in [3.05, 3.63) is 41.9 Å². The maximum absolute atomic E-state index is 5.75. The number of para-hydroxylation sites is 1. The number of pyridine rings is 1. The highest BCUT2D eigenvalue weighted by Crippen LogP contribution is 2.32. The Kier molecular flexibility index (Phi) is 3.20. The van der Waals surface area contributed by atoms with Gasteiger partial charge in [-0.3, -0.25) is 4.98 Å². The van der Waals surface area contributed by atoms with Crippen LogP contribution in [0.25, 0.3) is 22.3 Å². The molecule has 0 bridgehead atoms. The fourth-order valence-electron chi connectivity index (χ4n) is 3.33. The summed E-state index contributed by atoms with van der Waals surface area (Å²) in [5.74, 6) is 1.89. The Morgan fingerprint density at radius 2 is 2.00 bits per heavy atom. The number of hydrogen-bond acceptors (Lipinski definition) is 4. The number of aryl methyl sites for hydroxylation is 1. The van der Waals surface area contributed by atoms with Gasteiger partial charge in [-0.2, -0.15) is 0 Å². The van der Waals surface area contributed by atoms with Gasteiger partial charge in [0.05, 0.1) is 24.3 Å². The van der Waals surface area contributed by atoms with Crippen LogP contribution in [-0.4, -0.2) is 33.0 Å². The van der Waals surface area contributed by atoms with Crippen molar-refractivity contribution in [2.45, 2.75) is 32.7 Å². The number of aromatic nitrogens is 4. The summed E-state index contributed by atoms with van der Waals surface area (Å²) < 4.78 is 7.99. The molecule has 3 aromatic rings. The van der Waals surface area contributed by atoms with Gasteiger partial charge in [-0.1, -0.05) is 18.2 Å². The van der Waals surface area contributed by atoms with Crippen LogP contribution >= 0.6 is 0 Å². The van der Waals surface area contributed by atoms with Gasteiger partial charge in [0.2, 0.25) is 0 Å². The van der Waals surface area contributed by atoms with E-state index >= 15 is 0 Å². The van der Waals surface area contributed by atoms with Gasteiger partial charge in [-0.15, -0.1) is 10.2 Å². The first-order valence-corrected chi connectivity index (χ1v) is 7.95. The van der Waals surface area contributed by atoms with E-state index in [0.717, 1.165) is 40.2 Å². The molecule has 4 rings (SSSR count). The van der Waals surface area contributed by atoms with E-state index in [1.807, 2.05) is 25.1 Å². The van der Waals surface area contributed by atoms with E-state index in [-0.39, 0.29) is 5.54 Å². The minimum absolute atomic E-state index is 0.178. The third kappa shape index (κ3) is 2.32. The fraction of sp³-hybridized carbons (Fsp3) is 0.389. The number of nitrogens with zero attached hydrogens (tertiary/aromatic N) is 4. The second-order valence-electron chi connectivity index (χ2n) is 6.72. The number of ether oxygens (including phenoxy) is 1. The van der Waals surface area contributed by atoms with Gasteiger partial charge in [-0.25, -0.2) is 0 Å². The van der Waals surface area contributed by atoms with Crippen LogP contribution in [0.3, 0.4) is 0 Å². The van der Waals surface area contributed by atoms with E-state index in [1.54, 1.807) is 0 Å². The zero-order valence-corrected chi connectivity index (χ0v) is 13.7. The molecule has 0 N–H and O–H groups in total. The highest BCUT2D eigenvalue weighted by molar-refractivity contribution is 5.93. The normalized spacial score (nSPS) is 17.0. The quantitative estimate of drug-likeness (QED) is 0.693. The van der Waals surface area contributed by atoms with Crippen LogP contribution in [0.5, 0.6) is 0 Å². The van der Waals surface area contributed by atoms with Crippen molar-refractivity contribution in [2.75, 3.05) is 13.2 Å². The monoisotopic (exact) mass is 308 g/mol. The largest absolute Gasteiger partial charge is 0.379 e. The van der Waals surface area contributed by atoms with E-state index in [4.69, 9.17) is 4.74 Å². The molecule has 5 nitrogen and oxygen atoms in total. The minimum Gasteiger partial charge on any atom is -0.379 e. The second kappa shape index (κ2) is 5.13. The molecule has 0 radical (unpaired) electrons. The van der Waals surface area contributed by atoms with Crippen LogP contribution in [0.2, 0.25) is 0 Å². The number of rotatable bonds is 1. The molecule has 5 heteroatoms. The average molecular weight is 308 g/mol. The Morgan fingerprint density at radius 3 is 2.87 bits per heavy atom. The van der Waals surface area contributed by atoms with Gasteiger partial charge < -0.3 is 9.30 Å². The van der Waals surface area contributed by atoms with Gasteiger partial charge in [-0.05, 0) is 32.9 Å². The molecule has 23 heavy (non-hydrogen) atoms. The van der Waals surface area contributed by atoms with E-state index in [9.17, 15) is 0 Å². The Balaban J connectivity index is 2.02. The molecular weight excluding hydrogens is 288 g/mol. The molecule has 0 fully saturated rings. The van der Waals surface area contributed by atoms with Crippen molar-refractivity contribution in [3.63, 3.8) is 0 Å². The highest BCUT2D eigenvalue weighted by atomic mass is 16.5. The van der Waals surface area contributed by atoms with Crippen LogP contribution in [0.1, 0.15) is 25.4 Å². The number of hydrogen-bond donors (Lipinski definition) is 0. The lowest BCUT2D eigenvalue weighted by molar-refractivity contribution is 0.0843. The van der Waals surface area contributed by atoms with E-state index < -0.39 is 0 Å². The number of benzene rings is 1. The SMILES string of the molecule is Cc1cc(-c2nnc3n2C(C)(C)COCC3)c2ccccc2n1. The van der Waals surface area contributed by atoms with Gasteiger partial charge in [0.15, 0.2) is 5.82 Å². The smallest absolute Gasteiger partial charge is 0.165 e. The summed E-state index contributed by atoms with van der Waals surface area (Å²) in [6.45, 7) is 7.71. The fourth-order valence-corrected chi connectivity index (χ4v) is 3.33. The Hall–Kier alpha value is -2.27. The van der Waals surface area contributed by atoms with Crippen molar-refractivity contribution in [1.82, 2.24) is 19.7 Å². The lowest BCUT2D eigenvalue weighted by Gasteiger charge is -2.27. The molecular formula is C18H20N4O. The van der Waals surface area contributed by atoms with Gasteiger partial charge in [0.1, 0.15) is 5.82 Å². The summed E-state index contributed by atoms with van der Waals surface area (Å²) in [7, 11) is 0. The molecule has 1 aliphatic rings. The van der Waals surface area contributed by atoms with Crippen molar-refractivity contribution in [1.29, 1.82) is 0 Å². The molecule has 3 heterocycles. The molecule has 2 aromatic heterocycles. The molecule has 0 spiro atoms. The van der Waals surface area contributed by atoms with Crippen LogP contribution in [-0.2, 0) is 16.7 Å². The third-order valence-electron chi connectivity index (χ3n) is 4.35. The van der Waals surface area contributed by atoms with Crippen LogP contribution in [0.15, 0.2) is 30.3 Å². The average Bonchev–Trinajstić information content (AvgIpc) is 2.89. The molecule has 0 atom stereocenters. The van der Waals surface area contributed by atoms with E-state index in [2.05, 4.69) is 45.7 Å². The molecule has 0 unspecified atom stereocenters. The first kappa shape index (κ1) is 14.3. The molecule has 0 aliphatic carbocycles. The number of fused-ring (bicyclic) bond motifs is 2. The predicted molar refractivity (Wildman–Crippen MR) is 89.3 cm³/mol. The van der Waals surface area contributed by atoms with Crippen molar-refractivity contribution in [2.24, 2.45) is 0 Å². The zero-order chi connectivity index (χ0) is 16.0. The Labute approximate surface area is 135 Å². The van der Waals surface area contributed by atoms with Gasteiger partial charge in [0.25, 0.3) is 0 Å². The Morgan fingerprint density at radius 1 is 1.17 bits per heavy atom. The van der Waals surface area contributed by atoms with Crippen LogP contribution in [0, 0.1) is 6.92 Å². The van der Waals surface area contributed by atoms with E-state index in [0.29, 0.717) is 13.2 Å². The summed E-state index contributed by atoms with van der Waals surface area (Å²) in [6, 6.07) is 10.3. The maximum atomic E-state index is 5.75. The van der Waals surface area contributed by atoms with E-state index in [1.165, 1.54) is 0 Å². The van der Waals surface area contributed by atoms with Crippen LogP contribution < -0.4 is 0 Å². The third-order valence-corrected chi connectivity index (χ3v) is 4.35. The van der Waals surface area contributed by atoms with Crippen molar-refractivity contribution in [3.8, 4) is 11.4 Å². The zero-order valence-electron chi connectivity index (χ0n) is 13.7. The standard InChI is InChI=1S/C18H20N4O/c1-12-10-14(13-6-4-5-7-15(13)19-12)17-21-20-16-8-9-23-11-18(2,3)22(16)17/h4-7,10H,8-9,11H2,1-3H3. The van der Waals surface area contributed by atoms with Gasteiger partial charge in [0, 0.05) is 23.1 Å². The highest BCUT2D eigenvalue weighted by Gasteiger charge is 2.31. The lowest BCUT2D eigenvalue weighted by Crippen LogP contribution is -2.32.